The van der Waals surface area contributed by atoms with E-state index in [4.69, 9.17) is 14.5 Å². The summed E-state index contributed by atoms with van der Waals surface area (Å²) >= 11 is 0. The Bertz CT molecular complexity index is 1240. The predicted molar refractivity (Wildman–Crippen MR) is 124 cm³/mol. The third kappa shape index (κ3) is 3.95. The lowest BCUT2D eigenvalue weighted by Crippen LogP contribution is -2.58. The molecule has 4 aliphatic heterocycles. The number of nitrogens with zero attached hydrogens (tertiary/aromatic N) is 3. The minimum Gasteiger partial charge on any atom is -0.454 e. The highest BCUT2D eigenvalue weighted by atomic mass is 16.7. The van der Waals surface area contributed by atoms with Gasteiger partial charge in [0, 0.05) is 30.6 Å². The van der Waals surface area contributed by atoms with Crippen molar-refractivity contribution in [3.05, 3.63) is 71.5 Å². The first-order valence-corrected chi connectivity index (χ1v) is 11.4. The highest BCUT2D eigenvalue weighted by Crippen LogP contribution is 2.36. The molecule has 0 radical (unpaired) electrons. The maximum absolute atomic E-state index is 11.2. The van der Waals surface area contributed by atoms with Crippen molar-refractivity contribution in [2.75, 3.05) is 26.4 Å². The molecule has 166 valence electrons. The molecule has 6 nitrogen and oxygen atoms in total. The standard InChI is InChI=1S/C27H25N3O3/c31-27(17-30-12-9-22(27)10-13-30)11-8-21-16-28-26(20-6-7-24-25(15-20)33-18-32-24)29-23(21)14-19-4-2-1-3-5-19/h1-7,15-16,22,31H,9-10,12-14,17-18H2. The SMILES string of the molecule is OC1(C#Cc2cnc(-c3ccc4c(c3)OCO4)nc2Cc2ccccc2)CN2CCC1CC2. The molecule has 7 rings (SSSR count). The zero-order valence-electron chi connectivity index (χ0n) is 18.3. The Kier molecular flexibility index (Phi) is 5.01. The molecular formula is C27H25N3O3. The second-order valence-corrected chi connectivity index (χ2v) is 9.01. The van der Waals surface area contributed by atoms with E-state index < -0.39 is 5.60 Å². The van der Waals surface area contributed by atoms with Crippen molar-refractivity contribution in [1.29, 1.82) is 0 Å². The topological polar surface area (TPSA) is 67.7 Å². The molecule has 33 heavy (non-hydrogen) atoms. The first kappa shape index (κ1) is 20.2. The van der Waals surface area contributed by atoms with Crippen molar-refractivity contribution in [3.63, 3.8) is 0 Å². The Morgan fingerprint density at radius 1 is 1.06 bits per heavy atom. The van der Waals surface area contributed by atoms with E-state index in [-0.39, 0.29) is 12.7 Å². The van der Waals surface area contributed by atoms with E-state index in [0.717, 1.165) is 54.1 Å². The van der Waals surface area contributed by atoms with Gasteiger partial charge in [-0.05, 0) is 49.7 Å². The van der Waals surface area contributed by atoms with Gasteiger partial charge >= 0.3 is 0 Å². The summed E-state index contributed by atoms with van der Waals surface area (Å²) in [7, 11) is 0. The second-order valence-electron chi connectivity index (χ2n) is 9.01. The number of rotatable bonds is 3. The van der Waals surface area contributed by atoms with Gasteiger partial charge in [0.1, 0.15) is 5.60 Å². The Hall–Kier alpha value is -3.40. The summed E-state index contributed by atoms with van der Waals surface area (Å²) in [5.41, 5.74) is 2.66. The monoisotopic (exact) mass is 439 g/mol. The number of hydrogen-bond donors (Lipinski definition) is 1. The van der Waals surface area contributed by atoms with Crippen LogP contribution in [0.2, 0.25) is 0 Å². The summed E-state index contributed by atoms with van der Waals surface area (Å²) in [6, 6.07) is 16.0. The number of hydrogen-bond acceptors (Lipinski definition) is 6. The number of benzene rings is 2. The lowest BCUT2D eigenvalue weighted by molar-refractivity contribution is -0.0713. The Morgan fingerprint density at radius 3 is 2.67 bits per heavy atom. The summed E-state index contributed by atoms with van der Waals surface area (Å²) in [5, 5.41) is 11.2. The molecule has 0 spiro atoms. The van der Waals surface area contributed by atoms with Crippen molar-refractivity contribution >= 4 is 0 Å². The minimum absolute atomic E-state index is 0.231. The summed E-state index contributed by atoms with van der Waals surface area (Å²) < 4.78 is 10.9. The van der Waals surface area contributed by atoms with Crippen molar-refractivity contribution in [3.8, 4) is 34.7 Å². The lowest BCUT2D eigenvalue weighted by atomic mass is 9.76. The van der Waals surface area contributed by atoms with Crippen LogP contribution in [-0.4, -0.2) is 52.0 Å². The van der Waals surface area contributed by atoms with E-state index in [2.05, 4.69) is 33.9 Å². The van der Waals surface area contributed by atoms with E-state index in [9.17, 15) is 5.11 Å². The summed E-state index contributed by atoms with van der Waals surface area (Å²) in [5.74, 6) is 8.76. The van der Waals surface area contributed by atoms with Gasteiger partial charge in [-0.2, -0.15) is 0 Å². The number of aromatic nitrogens is 2. The number of fused-ring (bicyclic) bond motifs is 4. The third-order valence-corrected chi connectivity index (χ3v) is 6.85. The third-order valence-electron chi connectivity index (χ3n) is 6.85. The molecule has 5 heterocycles. The van der Waals surface area contributed by atoms with Crippen LogP contribution in [0.4, 0.5) is 0 Å². The molecular weight excluding hydrogens is 414 g/mol. The lowest BCUT2D eigenvalue weighted by Gasteiger charge is -2.47. The van der Waals surface area contributed by atoms with Gasteiger partial charge in [-0.15, -0.1) is 0 Å². The van der Waals surface area contributed by atoms with E-state index in [1.165, 1.54) is 0 Å². The molecule has 3 saturated heterocycles. The fourth-order valence-electron chi connectivity index (χ4n) is 4.98. The highest BCUT2D eigenvalue weighted by Gasteiger charge is 2.44. The van der Waals surface area contributed by atoms with Gasteiger partial charge in [0.2, 0.25) is 6.79 Å². The molecule has 3 fully saturated rings. The molecule has 1 aromatic heterocycles. The number of aliphatic hydroxyl groups is 1. The molecule has 1 unspecified atom stereocenters. The van der Waals surface area contributed by atoms with Crippen LogP contribution in [0.15, 0.2) is 54.7 Å². The van der Waals surface area contributed by atoms with Gasteiger partial charge in [0.15, 0.2) is 17.3 Å². The first-order chi connectivity index (χ1) is 16.2. The molecule has 0 aliphatic carbocycles. The molecule has 1 atom stereocenters. The van der Waals surface area contributed by atoms with Crippen LogP contribution >= 0.6 is 0 Å². The van der Waals surface area contributed by atoms with Crippen molar-refractivity contribution in [2.24, 2.45) is 5.92 Å². The van der Waals surface area contributed by atoms with Crippen molar-refractivity contribution in [2.45, 2.75) is 24.9 Å². The van der Waals surface area contributed by atoms with E-state index in [0.29, 0.717) is 24.5 Å². The number of ether oxygens (including phenoxy) is 2. The Morgan fingerprint density at radius 2 is 1.88 bits per heavy atom. The van der Waals surface area contributed by atoms with Crippen molar-refractivity contribution in [1.82, 2.24) is 14.9 Å². The molecule has 2 bridgehead atoms. The van der Waals surface area contributed by atoms with Gasteiger partial charge in [0.25, 0.3) is 0 Å². The van der Waals surface area contributed by atoms with Crippen LogP contribution in [0.1, 0.15) is 29.7 Å². The Balaban J connectivity index is 1.37. The fourth-order valence-corrected chi connectivity index (χ4v) is 4.98. The Labute approximate surface area is 193 Å². The molecule has 1 N–H and O–H groups in total. The zero-order valence-corrected chi connectivity index (χ0v) is 18.3. The first-order valence-electron chi connectivity index (χ1n) is 11.4. The molecule has 4 aliphatic rings. The largest absolute Gasteiger partial charge is 0.454 e. The molecule has 0 amide bonds. The van der Waals surface area contributed by atoms with Gasteiger partial charge in [-0.1, -0.05) is 42.2 Å². The predicted octanol–water partition coefficient (Wildman–Crippen LogP) is 3.27. The van der Waals surface area contributed by atoms with Gasteiger partial charge in [-0.3, -0.25) is 4.90 Å². The number of piperidine rings is 3. The van der Waals surface area contributed by atoms with Crippen LogP contribution in [-0.2, 0) is 6.42 Å². The second kappa shape index (κ2) is 8.18. The molecule has 6 heteroatoms. The van der Waals surface area contributed by atoms with E-state index >= 15 is 0 Å². The maximum atomic E-state index is 11.2. The van der Waals surface area contributed by atoms with Crippen LogP contribution < -0.4 is 9.47 Å². The van der Waals surface area contributed by atoms with E-state index in [1.54, 1.807) is 6.20 Å². The van der Waals surface area contributed by atoms with E-state index in [1.807, 2.05) is 36.4 Å². The summed E-state index contributed by atoms with van der Waals surface area (Å²) in [6.45, 7) is 2.96. The van der Waals surface area contributed by atoms with Gasteiger partial charge in [-0.25, -0.2) is 9.97 Å². The molecule has 3 aromatic rings. The quantitative estimate of drug-likeness (QED) is 0.632. The van der Waals surface area contributed by atoms with Crippen LogP contribution in [0.25, 0.3) is 11.4 Å². The minimum atomic E-state index is -0.962. The normalized spacial score (nSPS) is 24.9. The average molecular weight is 440 g/mol. The van der Waals surface area contributed by atoms with Crippen LogP contribution in [0.5, 0.6) is 11.5 Å². The van der Waals surface area contributed by atoms with Crippen LogP contribution in [0.3, 0.4) is 0 Å². The van der Waals surface area contributed by atoms with Crippen molar-refractivity contribution < 1.29 is 14.6 Å². The molecule has 0 saturated carbocycles. The van der Waals surface area contributed by atoms with Gasteiger partial charge < -0.3 is 14.6 Å². The average Bonchev–Trinajstić information content (AvgIpc) is 3.32. The van der Waals surface area contributed by atoms with Gasteiger partial charge in [0.05, 0.1) is 11.3 Å². The van der Waals surface area contributed by atoms with Crippen LogP contribution in [0, 0.1) is 17.8 Å². The molecule has 2 aromatic carbocycles. The fraction of sp³-hybridized carbons (Fsp3) is 0.333. The highest BCUT2D eigenvalue weighted by molar-refractivity contribution is 5.62. The smallest absolute Gasteiger partial charge is 0.231 e. The summed E-state index contributed by atoms with van der Waals surface area (Å²) in [4.78, 5) is 11.8. The summed E-state index contributed by atoms with van der Waals surface area (Å²) in [6.07, 6.45) is 4.42. The maximum Gasteiger partial charge on any atom is 0.231 e. The zero-order chi connectivity index (χ0) is 22.3.